The lowest BCUT2D eigenvalue weighted by atomic mass is 10.1. The first-order chi connectivity index (χ1) is 13.0. The maximum absolute atomic E-state index is 12.8. The summed E-state index contributed by atoms with van der Waals surface area (Å²) in [5, 5.41) is 2.78. The van der Waals surface area contributed by atoms with Crippen LogP contribution in [0, 0.1) is 3.57 Å². The first-order valence-electron chi connectivity index (χ1n) is 9.00. The van der Waals surface area contributed by atoms with E-state index in [0.717, 1.165) is 9.13 Å². The van der Waals surface area contributed by atoms with Crippen LogP contribution in [0.5, 0.6) is 5.75 Å². The Morgan fingerprint density at radius 2 is 1.78 bits per heavy atom. The van der Waals surface area contributed by atoms with Crippen LogP contribution >= 0.6 is 22.6 Å². The summed E-state index contributed by atoms with van der Waals surface area (Å²) in [6, 6.07) is 16.9. The Morgan fingerprint density at radius 1 is 1.11 bits per heavy atom. The number of nitrogens with one attached hydrogen (secondary N) is 1. The van der Waals surface area contributed by atoms with Crippen molar-refractivity contribution in [2.45, 2.75) is 26.3 Å². The third kappa shape index (κ3) is 6.86. The number of rotatable bonds is 9. The summed E-state index contributed by atoms with van der Waals surface area (Å²) in [6.07, 6.45) is 0.680. The molecule has 0 heterocycles. The van der Waals surface area contributed by atoms with E-state index in [4.69, 9.17) is 4.74 Å². The molecule has 0 unspecified atom stereocenters. The molecule has 0 aliphatic heterocycles. The molecule has 1 N–H and O–H groups in total. The Hall–Kier alpha value is -2.09. The number of hydrogen-bond donors (Lipinski definition) is 1. The van der Waals surface area contributed by atoms with E-state index in [2.05, 4.69) is 27.9 Å². The molecule has 144 valence electrons. The van der Waals surface area contributed by atoms with E-state index in [1.54, 1.807) is 11.8 Å². The van der Waals surface area contributed by atoms with Gasteiger partial charge in [-0.25, -0.2) is 0 Å². The summed E-state index contributed by atoms with van der Waals surface area (Å²) < 4.78 is 6.72. The third-order valence-corrected chi connectivity index (χ3v) is 4.90. The Kier molecular flexibility index (Phi) is 8.57. The number of amides is 2. The highest BCUT2D eigenvalue weighted by molar-refractivity contribution is 14.1. The van der Waals surface area contributed by atoms with Crippen molar-refractivity contribution in [3.05, 3.63) is 63.7 Å². The van der Waals surface area contributed by atoms with Gasteiger partial charge in [-0.05, 0) is 72.7 Å². The van der Waals surface area contributed by atoms with Crippen molar-refractivity contribution in [3.63, 3.8) is 0 Å². The van der Waals surface area contributed by atoms with Crippen LogP contribution in [0.1, 0.15) is 19.4 Å². The molecular formula is C21H25IN2O3. The van der Waals surface area contributed by atoms with E-state index in [0.29, 0.717) is 25.3 Å². The smallest absolute Gasteiger partial charge is 0.261 e. The molecule has 0 bridgehead atoms. The molecule has 27 heavy (non-hydrogen) atoms. The van der Waals surface area contributed by atoms with Crippen LogP contribution in [0.4, 0.5) is 0 Å². The van der Waals surface area contributed by atoms with Gasteiger partial charge in [0, 0.05) is 16.7 Å². The molecule has 0 radical (unpaired) electrons. The molecule has 0 saturated carbocycles. The Bertz CT molecular complexity index is 735. The van der Waals surface area contributed by atoms with Crippen molar-refractivity contribution >= 4 is 34.4 Å². The second-order valence-corrected chi connectivity index (χ2v) is 7.38. The van der Waals surface area contributed by atoms with Crippen molar-refractivity contribution in [3.8, 4) is 5.75 Å². The average molecular weight is 480 g/mol. The average Bonchev–Trinajstić information content (AvgIpc) is 2.68. The number of halogens is 1. The van der Waals surface area contributed by atoms with E-state index in [-0.39, 0.29) is 18.4 Å². The van der Waals surface area contributed by atoms with Gasteiger partial charge in [0.2, 0.25) is 5.91 Å². The summed E-state index contributed by atoms with van der Waals surface area (Å²) in [5.74, 6) is 0.272. The monoisotopic (exact) mass is 480 g/mol. The number of nitrogens with zero attached hydrogens (tertiary/aromatic N) is 1. The summed E-state index contributed by atoms with van der Waals surface area (Å²) >= 11 is 2.21. The van der Waals surface area contributed by atoms with Gasteiger partial charge in [-0.1, -0.05) is 30.3 Å². The zero-order valence-electron chi connectivity index (χ0n) is 15.7. The van der Waals surface area contributed by atoms with Crippen LogP contribution in [0.2, 0.25) is 0 Å². The Morgan fingerprint density at radius 3 is 2.41 bits per heavy atom. The molecule has 0 fully saturated rings. The third-order valence-electron chi connectivity index (χ3n) is 4.18. The molecule has 6 heteroatoms. The lowest BCUT2D eigenvalue weighted by Gasteiger charge is -2.28. The zero-order chi connectivity index (χ0) is 19.6. The van der Waals surface area contributed by atoms with E-state index < -0.39 is 6.04 Å². The van der Waals surface area contributed by atoms with Crippen LogP contribution in [0.15, 0.2) is 54.6 Å². The van der Waals surface area contributed by atoms with Crippen LogP contribution in [-0.4, -0.2) is 42.5 Å². The minimum Gasteiger partial charge on any atom is -0.484 e. The maximum atomic E-state index is 12.8. The predicted octanol–water partition coefficient (Wildman–Crippen LogP) is 3.27. The molecular weight excluding hydrogens is 455 g/mol. The SMILES string of the molecule is CCNC(=O)[C@@H](C)N(CCc1ccccc1)C(=O)COc1ccc(I)cc1. The zero-order valence-corrected chi connectivity index (χ0v) is 17.8. The number of ether oxygens (including phenoxy) is 1. The lowest BCUT2D eigenvalue weighted by molar-refractivity contribution is -0.141. The fraction of sp³-hybridized carbons (Fsp3) is 0.333. The Labute approximate surface area is 174 Å². The van der Waals surface area contributed by atoms with Gasteiger partial charge in [0.05, 0.1) is 0 Å². The van der Waals surface area contributed by atoms with E-state index in [1.165, 1.54) is 0 Å². The van der Waals surface area contributed by atoms with Crippen molar-refractivity contribution in [2.75, 3.05) is 19.7 Å². The van der Waals surface area contributed by atoms with E-state index >= 15 is 0 Å². The number of benzene rings is 2. The minimum atomic E-state index is -0.554. The van der Waals surface area contributed by atoms with Crippen LogP contribution < -0.4 is 10.1 Å². The second kappa shape index (κ2) is 10.9. The first-order valence-corrected chi connectivity index (χ1v) is 10.1. The number of carbonyl (C=O) groups excluding carboxylic acids is 2. The molecule has 0 aliphatic carbocycles. The van der Waals surface area contributed by atoms with Crippen LogP contribution in [-0.2, 0) is 16.0 Å². The van der Waals surface area contributed by atoms with Gasteiger partial charge < -0.3 is 15.0 Å². The largest absolute Gasteiger partial charge is 0.484 e. The fourth-order valence-corrected chi connectivity index (χ4v) is 3.01. The van der Waals surface area contributed by atoms with E-state index in [9.17, 15) is 9.59 Å². The summed E-state index contributed by atoms with van der Waals surface area (Å²) in [6.45, 7) is 4.50. The highest BCUT2D eigenvalue weighted by Gasteiger charge is 2.25. The van der Waals surface area contributed by atoms with Gasteiger partial charge in [0.25, 0.3) is 5.91 Å². The normalized spacial score (nSPS) is 11.5. The Balaban J connectivity index is 2.03. The molecule has 2 rings (SSSR count). The maximum Gasteiger partial charge on any atom is 0.261 e. The number of likely N-dealkylation sites (N-methyl/N-ethyl adjacent to an activating group) is 1. The van der Waals surface area contributed by atoms with Gasteiger partial charge in [-0.2, -0.15) is 0 Å². The topological polar surface area (TPSA) is 58.6 Å². The quantitative estimate of drug-likeness (QED) is 0.561. The number of hydrogen-bond acceptors (Lipinski definition) is 3. The molecule has 5 nitrogen and oxygen atoms in total. The predicted molar refractivity (Wildman–Crippen MR) is 115 cm³/mol. The van der Waals surface area contributed by atoms with Gasteiger partial charge in [0.15, 0.2) is 6.61 Å². The molecule has 2 amide bonds. The molecule has 2 aromatic carbocycles. The molecule has 0 aromatic heterocycles. The second-order valence-electron chi connectivity index (χ2n) is 6.14. The molecule has 1 atom stereocenters. The summed E-state index contributed by atoms with van der Waals surface area (Å²) in [5.41, 5.74) is 1.12. The van der Waals surface area contributed by atoms with E-state index in [1.807, 2.05) is 61.5 Å². The van der Waals surface area contributed by atoms with Gasteiger partial charge in [0.1, 0.15) is 11.8 Å². The highest BCUT2D eigenvalue weighted by atomic mass is 127. The van der Waals surface area contributed by atoms with Gasteiger partial charge in [-0.15, -0.1) is 0 Å². The molecule has 0 saturated heterocycles. The molecule has 0 aliphatic rings. The highest BCUT2D eigenvalue weighted by Crippen LogP contribution is 2.14. The summed E-state index contributed by atoms with van der Waals surface area (Å²) in [4.78, 5) is 26.6. The van der Waals surface area contributed by atoms with Crippen molar-refractivity contribution < 1.29 is 14.3 Å². The fourth-order valence-electron chi connectivity index (χ4n) is 2.65. The van der Waals surface area contributed by atoms with Crippen LogP contribution in [0.25, 0.3) is 0 Å². The lowest BCUT2D eigenvalue weighted by Crippen LogP contribution is -2.50. The summed E-state index contributed by atoms with van der Waals surface area (Å²) in [7, 11) is 0. The van der Waals surface area contributed by atoms with Crippen molar-refractivity contribution in [2.24, 2.45) is 0 Å². The van der Waals surface area contributed by atoms with Crippen LogP contribution in [0.3, 0.4) is 0 Å². The first kappa shape index (κ1) is 21.2. The van der Waals surface area contributed by atoms with Crippen molar-refractivity contribution in [1.82, 2.24) is 10.2 Å². The minimum absolute atomic E-state index is 0.0981. The standard InChI is InChI=1S/C21H25IN2O3/c1-3-23-21(26)16(2)24(14-13-17-7-5-4-6-8-17)20(25)15-27-19-11-9-18(22)10-12-19/h4-12,16H,3,13-15H2,1-2H3,(H,23,26)/t16-/m1/s1. The number of carbonyl (C=O) groups is 2. The van der Waals surface area contributed by atoms with Gasteiger partial charge >= 0.3 is 0 Å². The molecule has 2 aromatic rings. The van der Waals surface area contributed by atoms with Crippen molar-refractivity contribution in [1.29, 1.82) is 0 Å². The van der Waals surface area contributed by atoms with Gasteiger partial charge in [-0.3, -0.25) is 9.59 Å². The molecule has 0 spiro atoms.